The van der Waals surface area contributed by atoms with Crippen LogP contribution in [0.4, 0.5) is 5.82 Å². The molecule has 9 heteroatoms. The van der Waals surface area contributed by atoms with Crippen molar-refractivity contribution < 1.29 is 17.9 Å². The molecule has 0 bridgehead atoms. The van der Waals surface area contributed by atoms with Crippen LogP contribution in [0.15, 0.2) is 66.1 Å². The maximum Gasteiger partial charge on any atom is 0.240 e. The Hall–Kier alpha value is -3.27. The lowest BCUT2D eigenvalue weighted by Crippen LogP contribution is -2.39. The molecule has 1 N–H and O–H groups in total. The Kier molecular flexibility index (Phi) is 8.84. The predicted octanol–water partition coefficient (Wildman–Crippen LogP) is 4.37. The van der Waals surface area contributed by atoms with Gasteiger partial charge in [0.2, 0.25) is 15.9 Å². The molecule has 0 radical (unpaired) electrons. The summed E-state index contributed by atoms with van der Waals surface area (Å²) in [6.07, 6.45) is 1.51. The molecule has 0 aliphatic rings. The van der Waals surface area contributed by atoms with E-state index in [4.69, 9.17) is 9.84 Å². The smallest absolute Gasteiger partial charge is 0.240 e. The van der Waals surface area contributed by atoms with Crippen LogP contribution in [0.5, 0.6) is 0 Å². The number of nitrogens with zero attached hydrogens (tertiary/aromatic N) is 3. The third kappa shape index (κ3) is 7.13. The van der Waals surface area contributed by atoms with Crippen molar-refractivity contribution >= 4 is 27.8 Å². The van der Waals surface area contributed by atoms with E-state index < -0.39 is 15.9 Å². The zero-order chi connectivity index (χ0) is 26.3. The van der Waals surface area contributed by atoms with Gasteiger partial charge in [0, 0.05) is 30.5 Å². The molecule has 0 aliphatic carbocycles. The lowest BCUT2D eigenvalue weighted by Gasteiger charge is -2.20. The number of amides is 1. The minimum Gasteiger partial charge on any atom is -0.383 e. The van der Waals surface area contributed by atoms with Crippen molar-refractivity contribution in [3.63, 3.8) is 0 Å². The molecule has 36 heavy (non-hydrogen) atoms. The van der Waals surface area contributed by atoms with Crippen LogP contribution in [0.1, 0.15) is 37.6 Å². The number of methoxy groups -OCH3 is 1. The number of para-hydroxylation sites is 1. The van der Waals surface area contributed by atoms with Gasteiger partial charge in [-0.25, -0.2) is 13.1 Å². The first-order valence-corrected chi connectivity index (χ1v) is 13.2. The van der Waals surface area contributed by atoms with Crippen molar-refractivity contribution in [1.29, 1.82) is 0 Å². The number of hydrogen-bond acceptors (Lipinski definition) is 5. The molecule has 192 valence electrons. The van der Waals surface area contributed by atoms with E-state index in [1.807, 2.05) is 76.2 Å². The van der Waals surface area contributed by atoms with E-state index in [2.05, 4.69) is 5.32 Å². The number of carbonyl (C=O) groups excluding carboxylic acids is 1. The van der Waals surface area contributed by atoms with E-state index in [1.54, 1.807) is 16.8 Å². The first kappa shape index (κ1) is 27.3. The number of hydrogen-bond donors (Lipinski definition) is 1. The predicted molar refractivity (Wildman–Crippen MR) is 143 cm³/mol. The molecular weight excluding hydrogens is 476 g/mol. The fraction of sp³-hybridized carbons (Fsp3) is 0.333. The molecule has 3 rings (SSSR count). The molecule has 0 unspecified atom stereocenters. The largest absolute Gasteiger partial charge is 0.383 e. The van der Waals surface area contributed by atoms with Crippen LogP contribution < -0.4 is 5.32 Å². The highest BCUT2D eigenvalue weighted by Crippen LogP contribution is 2.27. The Balaban J connectivity index is 1.87. The van der Waals surface area contributed by atoms with Crippen molar-refractivity contribution in [2.45, 2.75) is 33.1 Å². The average molecular weight is 511 g/mol. The van der Waals surface area contributed by atoms with Gasteiger partial charge in [0.25, 0.3) is 0 Å². The number of carbonyl (C=O) groups is 1. The van der Waals surface area contributed by atoms with Crippen LogP contribution in [-0.2, 0) is 25.0 Å². The molecule has 0 aliphatic heterocycles. The van der Waals surface area contributed by atoms with Crippen molar-refractivity contribution in [2.24, 2.45) is 0 Å². The summed E-state index contributed by atoms with van der Waals surface area (Å²) in [7, 11) is -2.39. The number of benzene rings is 2. The Bertz CT molecular complexity index is 1310. The van der Waals surface area contributed by atoms with Gasteiger partial charge in [0.15, 0.2) is 0 Å². The number of nitrogens with one attached hydrogen (secondary N) is 1. The standard InChI is InChI=1S/C27H34N4O4S/c1-21-11-9-10-14-23(21)31-25(19-24(29-31)27(2,3)4)28-26(32)20-30(16-17-35-5)36(33,34)18-15-22-12-7-6-8-13-22/h6-15,18-19H,16-17,20H2,1-5H3,(H,28,32). The molecular formula is C27H34N4O4S. The third-order valence-corrected chi connectivity index (χ3v) is 7.06. The van der Waals surface area contributed by atoms with E-state index >= 15 is 0 Å². The summed E-state index contributed by atoms with van der Waals surface area (Å²) >= 11 is 0. The fourth-order valence-electron chi connectivity index (χ4n) is 3.47. The van der Waals surface area contributed by atoms with Crippen LogP contribution in [0.3, 0.4) is 0 Å². The van der Waals surface area contributed by atoms with Crippen LogP contribution in [0.25, 0.3) is 11.8 Å². The van der Waals surface area contributed by atoms with Gasteiger partial charge in [-0.2, -0.15) is 9.40 Å². The summed E-state index contributed by atoms with van der Waals surface area (Å²) < 4.78 is 34.0. The van der Waals surface area contributed by atoms with Gasteiger partial charge >= 0.3 is 0 Å². The second-order valence-electron chi connectivity index (χ2n) is 9.50. The molecule has 8 nitrogen and oxygen atoms in total. The van der Waals surface area contributed by atoms with Crippen molar-refractivity contribution in [3.05, 3.63) is 82.9 Å². The molecule has 1 heterocycles. The first-order valence-electron chi connectivity index (χ1n) is 11.7. The van der Waals surface area contributed by atoms with Crippen LogP contribution in [-0.4, -0.2) is 55.2 Å². The molecule has 0 saturated heterocycles. The van der Waals surface area contributed by atoms with Crippen LogP contribution >= 0.6 is 0 Å². The summed E-state index contributed by atoms with van der Waals surface area (Å²) in [4.78, 5) is 13.1. The zero-order valence-corrected chi connectivity index (χ0v) is 22.2. The number of anilines is 1. The van der Waals surface area contributed by atoms with Crippen LogP contribution in [0, 0.1) is 6.92 Å². The molecule has 3 aromatic rings. The van der Waals surface area contributed by atoms with Gasteiger partial charge in [-0.15, -0.1) is 0 Å². The van der Waals surface area contributed by atoms with Gasteiger partial charge < -0.3 is 10.1 Å². The monoisotopic (exact) mass is 510 g/mol. The van der Waals surface area contributed by atoms with E-state index in [1.165, 1.54) is 13.2 Å². The van der Waals surface area contributed by atoms with E-state index in [0.29, 0.717) is 5.82 Å². The normalized spacial score (nSPS) is 12.4. The summed E-state index contributed by atoms with van der Waals surface area (Å²) in [6.45, 7) is 7.92. The molecule has 0 saturated carbocycles. The summed E-state index contributed by atoms with van der Waals surface area (Å²) in [5, 5.41) is 8.73. The lowest BCUT2D eigenvalue weighted by atomic mass is 9.92. The van der Waals surface area contributed by atoms with Gasteiger partial charge in [-0.05, 0) is 30.2 Å². The molecule has 1 aromatic heterocycles. The van der Waals surface area contributed by atoms with E-state index in [9.17, 15) is 13.2 Å². The van der Waals surface area contributed by atoms with Gasteiger partial charge in [0.1, 0.15) is 5.82 Å². The maximum atomic E-state index is 13.1. The lowest BCUT2D eigenvalue weighted by molar-refractivity contribution is -0.116. The zero-order valence-electron chi connectivity index (χ0n) is 21.4. The minimum absolute atomic E-state index is 0.0374. The fourth-order valence-corrected chi connectivity index (χ4v) is 4.60. The quantitative estimate of drug-likeness (QED) is 0.437. The number of rotatable bonds is 10. The topological polar surface area (TPSA) is 93.5 Å². The van der Waals surface area contributed by atoms with Crippen LogP contribution in [0.2, 0.25) is 0 Å². The first-order chi connectivity index (χ1) is 17.0. The number of ether oxygens (including phenoxy) is 1. The Morgan fingerprint density at radius 1 is 1.11 bits per heavy atom. The SMILES string of the molecule is COCCN(CC(=O)Nc1cc(C(C)(C)C)nn1-c1ccccc1C)S(=O)(=O)C=Cc1ccccc1. The molecule has 0 fully saturated rings. The van der Waals surface area contributed by atoms with Gasteiger partial charge in [-0.3, -0.25) is 4.79 Å². The molecule has 1 amide bonds. The minimum atomic E-state index is -3.88. The maximum absolute atomic E-state index is 13.1. The molecule has 0 atom stereocenters. The highest BCUT2D eigenvalue weighted by molar-refractivity contribution is 7.92. The van der Waals surface area contributed by atoms with Crippen molar-refractivity contribution in [3.8, 4) is 5.69 Å². The summed E-state index contributed by atoms with van der Waals surface area (Å²) in [5.41, 5.74) is 3.12. The second-order valence-corrected chi connectivity index (χ2v) is 11.3. The number of aryl methyl sites for hydroxylation is 1. The highest BCUT2D eigenvalue weighted by Gasteiger charge is 2.25. The van der Waals surface area contributed by atoms with Gasteiger partial charge in [0.05, 0.1) is 24.5 Å². The molecule has 2 aromatic carbocycles. The Labute approximate surface area is 213 Å². The van der Waals surface area contributed by atoms with E-state index in [0.717, 1.165) is 32.2 Å². The molecule has 0 spiro atoms. The Morgan fingerprint density at radius 2 is 1.78 bits per heavy atom. The summed E-state index contributed by atoms with van der Waals surface area (Å²) in [5.74, 6) is 0.00104. The summed E-state index contributed by atoms with van der Waals surface area (Å²) in [6, 6.07) is 18.7. The third-order valence-electron chi connectivity index (χ3n) is 5.55. The van der Waals surface area contributed by atoms with Crippen molar-refractivity contribution in [1.82, 2.24) is 14.1 Å². The van der Waals surface area contributed by atoms with E-state index in [-0.39, 0.29) is 25.1 Å². The number of aromatic nitrogens is 2. The average Bonchev–Trinajstić information content (AvgIpc) is 3.25. The highest BCUT2D eigenvalue weighted by atomic mass is 32.2. The number of sulfonamides is 1. The second kappa shape index (κ2) is 11.6. The van der Waals surface area contributed by atoms with Crippen molar-refractivity contribution in [2.75, 3.05) is 32.1 Å². The Morgan fingerprint density at radius 3 is 2.42 bits per heavy atom. The van der Waals surface area contributed by atoms with Gasteiger partial charge in [-0.1, -0.05) is 69.3 Å².